The summed E-state index contributed by atoms with van der Waals surface area (Å²) in [7, 11) is 0. The van der Waals surface area contributed by atoms with Crippen LogP contribution in [0.5, 0.6) is 5.88 Å². The van der Waals surface area contributed by atoms with Gasteiger partial charge in [-0.15, -0.1) is 0 Å². The number of carbonyl (C=O) groups is 1. The third kappa shape index (κ3) is 4.09. The van der Waals surface area contributed by atoms with Crippen molar-refractivity contribution in [2.45, 2.75) is 57.9 Å². The first-order chi connectivity index (χ1) is 14.8. The average Bonchev–Trinajstić information content (AvgIpc) is 3.14. The molecule has 1 saturated heterocycles. The largest absolute Gasteiger partial charge is 0.478 e. The molecule has 1 amide bonds. The lowest BCUT2D eigenvalue weighted by molar-refractivity contribution is 0.0926. The lowest BCUT2D eigenvalue weighted by atomic mass is 9.88. The summed E-state index contributed by atoms with van der Waals surface area (Å²) in [5, 5.41) is 4.25. The Kier molecular flexibility index (Phi) is 5.98. The second-order valence-corrected chi connectivity index (χ2v) is 9.51. The molecule has 0 spiro atoms. The van der Waals surface area contributed by atoms with Crippen LogP contribution in [0.3, 0.4) is 0 Å². The molecule has 1 N–H and O–H groups in total. The van der Waals surface area contributed by atoms with Gasteiger partial charge in [0.1, 0.15) is 5.56 Å². The van der Waals surface area contributed by atoms with Crippen molar-refractivity contribution in [3.05, 3.63) is 29.8 Å². The summed E-state index contributed by atoms with van der Waals surface area (Å²) < 4.78 is 8.10. The topological polar surface area (TPSA) is 46.5 Å². The molecule has 1 aromatic heterocycles. The molecular weight excluding hydrogens is 374 g/mol. The Labute approximate surface area is 179 Å². The Morgan fingerprint density at radius 2 is 1.77 bits per heavy atom. The molecule has 0 radical (unpaired) electrons. The number of benzene rings is 1. The van der Waals surface area contributed by atoms with Gasteiger partial charge in [0.2, 0.25) is 5.88 Å². The summed E-state index contributed by atoms with van der Waals surface area (Å²) in [6.07, 6.45) is 10.5. The minimum absolute atomic E-state index is 0.0199. The second kappa shape index (κ2) is 9.01. The van der Waals surface area contributed by atoms with Gasteiger partial charge in [0.25, 0.3) is 5.91 Å². The fourth-order valence-electron chi connectivity index (χ4n) is 5.70. The molecule has 3 aliphatic rings. The van der Waals surface area contributed by atoms with E-state index in [1.165, 1.54) is 64.6 Å². The first-order valence-electron chi connectivity index (χ1n) is 12.0. The van der Waals surface area contributed by atoms with E-state index < -0.39 is 0 Å². The zero-order valence-electron chi connectivity index (χ0n) is 18.1. The first kappa shape index (κ1) is 19.9. The SMILES string of the molecule is O=C(NCC1CCN(CC2CCCCC2)CC1)c1c2n(c3ccccc13)CCCO2. The van der Waals surface area contributed by atoms with Gasteiger partial charge in [-0.05, 0) is 63.1 Å². The van der Waals surface area contributed by atoms with E-state index in [2.05, 4.69) is 20.9 Å². The second-order valence-electron chi connectivity index (χ2n) is 9.51. The van der Waals surface area contributed by atoms with Crippen molar-refractivity contribution in [2.75, 3.05) is 32.8 Å². The van der Waals surface area contributed by atoms with Crippen molar-refractivity contribution in [3.63, 3.8) is 0 Å². The quantitative estimate of drug-likeness (QED) is 0.794. The number of ether oxygens (including phenoxy) is 1. The van der Waals surface area contributed by atoms with Gasteiger partial charge in [-0.3, -0.25) is 4.79 Å². The van der Waals surface area contributed by atoms with E-state index in [1.54, 1.807) is 0 Å². The summed E-state index contributed by atoms with van der Waals surface area (Å²) in [5.41, 5.74) is 1.83. The van der Waals surface area contributed by atoms with E-state index in [-0.39, 0.29) is 5.91 Å². The molecule has 2 fully saturated rings. The lowest BCUT2D eigenvalue weighted by Gasteiger charge is -2.35. The molecule has 3 heterocycles. The van der Waals surface area contributed by atoms with Crippen LogP contribution in [-0.2, 0) is 6.54 Å². The molecule has 0 bridgehead atoms. The molecule has 1 aliphatic carbocycles. The number of fused-ring (bicyclic) bond motifs is 3. The van der Waals surface area contributed by atoms with Gasteiger partial charge in [-0.1, -0.05) is 37.5 Å². The molecule has 30 heavy (non-hydrogen) atoms. The number of hydrogen-bond donors (Lipinski definition) is 1. The number of amides is 1. The van der Waals surface area contributed by atoms with Crippen molar-refractivity contribution < 1.29 is 9.53 Å². The number of piperidine rings is 1. The first-order valence-corrected chi connectivity index (χ1v) is 12.0. The molecule has 0 atom stereocenters. The molecule has 2 aliphatic heterocycles. The summed E-state index contributed by atoms with van der Waals surface area (Å²) >= 11 is 0. The predicted molar refractivity (Wildman–Crippen MR) is 120 cm³/mol. The normalized spacial score (nSPS) is 21.3. The number of rotatable bonds is 5. The van der Waals surface area contributed by atoms with Crippen LogP contribution in [-0.4, -0.2) is 48.2 Å². The number of nitrogens with zero attached hydrogens (tertiary/aromatic N) is 2. The highest BCUT2D eigenvalue weighted by Gasteiger charge is 2.27. The highest BCUT2D eigenvalue weighted by atomic mass is 16.5. The standard InChI is InChI=1S/C25H35N3O2/c29-24(23-21-9-4-5-10-22(21)28-13-6-16-30-25(23)28)26-17-19-11-14-27(15-12-19)18-20-7-2-1-3-8-20/h4-5,9-10,19-20H,1-3,6-8,11-18H2,(H,26,29). The Balaban J connectivity index is 1.18. The van der Waals surface area contributed by atoms with Crippen molar-refractivity contribution >= 4 is 16.8 Å². The van der Waals surface area contributed by atoms with Gasteiger partial charge in [0.05, 0.1) is 12.1 Å². The highest BCUT2D eigenvalue weighted by molar-refractivity contribution is 6.09. The van der Waals surface area contributed by atoms with Crippen LogP contribution in [0.25, 0.3) is 10.9 Å². The van der Waals surface area contributed by atoms with Crippen LogP contribution in [0, 0.1) is 11.8 Å². The zero-order valence-corrected chi connectivity index (χ0v) is 18.1. The number of aromatic nitrogens is 1. The molecule has 5 rings (SSSR count). The van der Waals surface area contributed by atoms with Gasteiger partial charge in [-0.2, -0.15) is 0 Å². The maximum atomic E-state index is 13.1. The molecule has 1 aromatic carbocycles. The summed E-state index contributed by atoms with van der Waals surface area (Å²) in [5.74, 6) is 2.28. The third-order valence-electron chi connectivity index (χ3n) is 7.41. The lowest BCUT2D eigenvalue weighted by Crippen LogP contribution is -2.40. The number of aryl methyl sites for hydroxylation is 1. The fraction of sp³-hybridized carbons (Fsp3) is 0.640. The molecule has 5 nitrogen and oxygen atoms in total. The van der Waals surface area contributed by atoms with E-state index >= 15 is 0 Å². The van der Waals surface area contributed by atoms with Gasteiger partial charge in [0, 0.05) is 25.0 Å². The maximum Gasteiger partial charge on any atom is 0.257 e. The van der Waals surface area contributed by atoms with Crippen molar-refractivity contribution in [2.24, 2.45) is 11.8 Å². The van der Waals surface area contributed by atoms with Gasteiger partial charge < -0.3 is 19.5 Å². The minimum Gasteiger partial charge on any atom is -0.478 e. The van der Waals surface area contributed by atoms with Crippen LogP contribution in [0.15, 0.2) is 24.3 Å². The van der Waals surface area contributed by atoms with E-state index in [9.17, 15) is 4.79 Å². The van der Waals surface area contributed by atoms with Crippen molar-refractivity contribution in [3.8, 4) is 5.88 Å². The Morgan fingerprint density at radius 1 is 0.967 bits per heavy atom. The van der Waals surface area contributed by atoms with Crippen molar-refractivity contribution in [1.29, 1.82) is 0 Å². The number of para-hydroxylation sites is 1. The van der Waals surface area contributed by atoms with Crippen LogP contribution in [0.4, 0.5) is 0 Å². The average molecular weight is 410 g/mol. The van der Waals surface area contributed by atoms with Crippen LogP contribution >= 0.6 is 0 Å². The van der Waals surface area contributed by atoms with E-state index in [1.807, 2.05) is 18.2 Å². The molecule has 2 aromatic rings. The molecule has 5 heteroatoms. The fourth-order valence-corrected chi connectivity index (χ4v) is 5.70. The summed E-state index contributed by atoms with van der Waals surface area (Å²) in [4.78, 5) is 15.8. The number of nitrogens with one attached hydrogen (secondary N) is 1. The van der Waals surface area contributed by atoms with E-state index in [0.29, 0.717) is 12.5 Å². The summed E-state index contributed by atoms with van der Waals surface area (Å²) in [6.45, 7) is 6.04. The highest BCUT2D eigenvalue weighted by Crippen LogP contribution is 2.34. The van der Waals surface area contributed by atoms with Gasteiger partial charge in [-0.25, -0.2) is 0 Å². The monoisotopic (exact) mass is 409 g/mol. The smallest absolute Gasteiger partial charge is 0.257 e. The van der Waals surface area contributed by atoms with Gasteiger partial charge in [0.15, 0.2) is 0 Å². The van der Waals surface area contributed by atoms with Crippen LogP contribution in [0.1, 0.15) is 61.7 Å². The zero-order chi connectivity index (χ0) is 20.3. The number of carbonyl (C=O) groups excluding carboxylic acids is 1. The van der Waals surface area contributed by atoms with E-state index in [4.69, 9.17) is 4.74 Å². The number of hydrogen-bond acceptors (Lipinski definition) is 3. The molecule has 0 unspecified atom stereocenters. The third-order valence-corrected chi connectivity index (χ3v) is 7.41. The predicted octanol–water partition coefficient (Wildman–Crippen LogP) is 4.45. The maximum absolute atomic E-state index is 13.1. The van der Waals surface area contributed by atoms with Crippen molar-refractivity contribution in [1.82, 2.24) is 14.8 Å². The Hall–Kier alpha value is -2.01. The van der Waals surface area contributed by atoms with Gasteiger partial charge >= 0.3 is 0 Å². The Bertz CT molecular complexity index is 876. The summed E-state index contributed by atoms with van der Waals surface area (Å²) in [6, 6.07) is 8.18. The van der Waals surface area contributed by atoms with E-state index in [0.717, 1.165) is 47.8 Å². The number of likely N-dealkylation sites (tertiary alicyclic amines) is 1. The Morgan fingerprint density at radius 3 is 2.60 bits per heavy atom. The molecule has 1 saturated carbocycles. The van der Waals surface area contributed by atoms with Crippen LogP contribution < -0.4 is 10.1 Å². The van der Waals surface area contributed by atoms with Crippen LogP contribution in [0.2, 0.25) is 0 Å². The minimum atomic E-state index is 0.0199. The molecule has 162 valence electrons. The molecular formula is C25H35N3O2.